The van der Waals surface area contributed by atoms with Crippen LogP contribution in [0.3, 0.4) is 0 Å². The summed E-state index contributed by atoms with van der Waals surface area (Å²) in [6.07, 6.45) is -3.60. The largest absolute Gasteiger partial charge is 0.465 e. The molecule has 0 aliphatic heterocycles. The molecule has 128 valence electrons. The van der Waals surface area contributed by atoms with E-state index in [-0.39, 0.29) is 17.9 Å². The van der Waals surface area contributed by atoms with Crippen LogP contribution in [0.1, 0.15) is 31.2 Å². The molecule has 10 heteroatoms. The van der Waals surface area contributed by atoms with Gasteiger partial charge in [0.15, 0.2) is 11.6 Å². The van der Waals surface area contributed by atoms with Crippen LogP contribution in [0, 0.1) is 5.82 Å². The molecule has 1 heterocycles. The molecule has 1 aromatic rings. The van der Waals surface area contributed by atoms with E-state index in [1.54, 1.807) is 0 Å². The first kappa shape index (κ1) is 17.6. The Balaban J connectivity index is 2.11. The number of anilines is 1. The number of rotatable bonds is 3. The van der Waals surface area contributed by atoms with Crippen LogP contribution in [0.15, 0.2) is 6.07 Å². The first-order chi connectivity index (χ1) is 10.7. The van der Waals surface area contributed by atoms with Gasteiger partial charge in [0.2, 0.25) is 0 Å². The summed E-state index contributed by atoms with van der Waals surface area (Å²) in [5.41, 5.74) is -1.34. The van der Waals surface area contributed by atoms with Gasteiger partial charge in [-0.05, 0) is 31.7 Å². The number of carboxylic acid groups (broad SMARTS) is 1. The lowest BCUT2D eigenvalue weighted by atomic mass is 9.91. The molecule has 1 fully saturated rings. The van der Waals surface area contributed by atoms with Crippen molar-refractivity contribution in [3.8, 4) is 0 Å². The van der Waals surface area contributed by atoms with Gasteiger partial charge in [0.05, 0.1) is 5.56 Å². The molecule has 1 aromatic heterocycles. The number of hydrogen-bond donors (Lipinski definition) is 3. The average Bonchev–Trinajstić information content (AvgIpc) is 2.41. The van der Waals surface area contributed by atoms with Crippen molar-refractivity contribution < 1.29 is 27.5 Å². The maximum atomic E-state index is 13.8. The molecule has 1 amide bonds. The van der Waals surface area contributed by atoms with Crippen LogP contribution < -0.4 is 10.6 Å². The third-order valence-corrected chi connectivity index (χ3v) is 3.87. The maximum absolute atomic E-state index is 13.8. The quantitative estimate of drug-likeness (QED) is 0.568. The minimum Gasteiger partial charge on any atom is -0.465 e. The van der Waals surface area contributed by atoms with Crippen molar-refractivity contribution in [1.29, 1.82) is 0 Å². The van der Waals surface area contributed by atoms with Gasteiger partial charge in [-0.1, -0.05) is 11.6 Å². The summed E-state index contributed by atoms with van der Waals surface area (Å²) in [6, 6.07) is -0.310. The molecule has 2 atom stereocenters. The number of amides is 1. The molecule has 23 heavy (non-hydrogen) atoms. The monoisotopic (exact) mass is 355 g/mol. The van der Waals surface area contributed by atoms with Crippen LogP contribution >= 0.6 is 11.6 Å². The number of aromatic nitrogens is 1. The number of nitrogens with one attached hydrogen (secondary N) is 2. The molecule has 0 saturated heterocycles. The Kier molecular flexibility index (Phi) is 5.18. The van der Waals surface area contributed by atoms with Gasteiger partial charge in [-0.3, -0.25) is 0 Å². The summed E-state index contributed by atoms with van der Waals surface area (Å²) in [5, 5.41) is 12.9. The van der Waals surface area contributed by atoms with E-state index < -0.39 is 28.8 Å². The highest BCUT2D eigenvalue weighted by Crippen LogP contribution is 2.35. The second-order valence-corrected chi connectivity index (χ2v) is 5.67. The van der Waals surface area contributed by atoms with Gasteiger partial charge in [-0.2, -0.15) is 13.2 Å². The lowest BCUT2D eigenvalue weighted by molar-refractivity contribution is -0.137. The summed E-state index contributed by atoms with van der Waals surface area (Å²) < 4.78 is 51.7. The van der Waals surface area contributed by atoms with Crippen molar-refractivity contribution >= 4 is 23.5 Å². The molecule has 3 N–H and O–H groups in total. The highest BCUT2D eigenvalue weighted by molar-refractivity contribution is 6.30. The molecule has 1 aliphatic carbocycles. The summed E-state index contributed by atoms with van der Waals surface area (Å²) in [7, 11) is 0. The second-order valence-electron chi connectivity index (χ2n) is 5.31. The van der Waals surface area contributed by atoms with E-state index in [1.807, 2.05) is 0 Å². The Morgan fingerprint density at radius 2 is 2.00 bits per heavy atom. The highest BCUT2D eigenvalue weighted by atomic mass is 35.5. The summed E-state index contributed by atoms with van der Waals surface area (Å²) >= 11 is 5.47. The molecule has 1 aliphatic rings. The zero-order chi connectivity index (χ0) is 17.2. The van der Waals surface area contributed by atoms with Crippen molar-refractivity contribution in [2.24, 2.45) is 0 Å². The molecule has 0 radical (unpaired) electrons. The van der Waals surface area contributed by atoms with E-state index in [0.29, 0.717) is 31.7 Å². The van der Waals surface area contributed by atoms with Crippen LogP contribution in [-0.4, -0.2) is 28.3 Å². The number of pyridine rings is 1. The fourth-order valence-electron chi connectivity index (χ4n) is 2.59. The van der Waals surface area contributed by atoms with Gasteiger partial charge in [-0.25, -0.2) is 14.2 Å². The van der Waals surface area contributed by atoms with Crippen LogP contribution in [0.4, 0.5) is 28.2 Å². The summed E-state index contributed by atoms with van der Waals surface area (Å²) in [4.78, 5) is 14.1. The van der Waals surface area contributed by atoms with E-state index in [0.717, 1.165) is 0 Å². The van der Waals surface area contributed by atoms with Gasteiger partial charge >= 0.3 is 12.3 Å². The Hall–Kier alpha value is -1.77. The third-order valence-electron chi connectivity index (χ3n) is 3.58. The Morgan fingerprint density at radius 1 is 1.35 bits per heavy atom. The molecule has 1 saturated carbocycles. The normalized spacial score (nSPS) is 21.8. The van der Waals surface area contributed by atoms with E-state index in [2.05, 4.69) is 15.6 Å². The van der Waals surface area contributed by atoms with Crippen LogP contribution in [0.2, 0.25) is 5.15 Å². The van der Waals surface area contributed by atoms with Gasteiger partial charge < -0.3 is 15.7 Å². The van der Waals surface area contributed by atoms with Crippen molar-refractivity contribution in [2.75, 3.05) is 5.32 Å². The van der Waals surface area contributed by atoms with Crippen molar-refractivity contribution in [3.63, 3.8) is 0 Å². The Bertz CT molecular complexity index is 597. The molecule has 0 unspecified atom stereocenters. The first-order valence-electron chi connectivity index (χ1n) is 6.86. The highest BCUT2D eigenvalue weighted by Gasteiger charge is 2.35. The van der Waals surface area contributed by atoms with E-state index >= 15 is 0 Å². The van der Waals surface area contributed by atoms with Crippen LogP contribution in [0.25, 0.3) is 0 Å². The fourth-order valence-corrected chi connectivity index (χ4v) is 2.83. The minimum atomic E-state index is -4.79. The third kappa shape index (κ3) is 4.60. The van der Waals surface area contributed by atoms with E-state index in [1.165, 1.54) is 0 Å². The zero-order valence-corrected chi connectivity index (χ0v) is 12.5. The minimum absolute atomic E-state index is 0.299. The Morgan fingerprint density at radius 3 is 2.61 bits per heavy atom. The molecule has 5 nitrogen and oxygen atoms in total. The maximum Gasteiger partial charge on any atom is 0.419 e. The summed E-state index contributed by atoms with van der Waals surface area (Å²) in [5.74, 6) is -1.53. The predicted molar refractivity (Wildman–Crippen MR) is 75.0 cm³/mol. The van der Waals surface area contributed by atoms with Gasteiger partial charge in [0.1, 0.15) is 5.15 Å². The van der Waals surface area contributed by atoms with Gasteiger partial charge in [0.25, 0.3) is 0 Å². The first-order valence-corrected chi connectivity index (χ1v) is 7.24. The topological polar surface area (TPSA) is 74.2 Å². The molecular weight excluding hydrogens is 342 g/mol. The smallest absolute Gasteiger partial charge is 0.419 e. The molecule has 2 rings (SSSR count). The lowest BCUT2D eigenvalue weighted by Gasteiger charge is -2.30. The average molecular weight is 356 g/mol. The van der Waals surface area contributed by atoms with Crippen molar-refractivity contribution in [1.82, 2.24) is 10.3 Å². The van der Waals surface area contributed by atoms with Gasteiger partial charge in [0, 0.05) is 12.1 Å². The van der Waals surface area contributed by atoms with Crippen molar-refractivity contribution in [2.45, 2.75) is 43.9 Å². The number of alkyl halides is 3. The number of halogens is 5. The lowest BCUT2D eigenvalue weighted by Crippen LogP contribution is -2.41. The van der Waals surface area contributed by atoms with Crippen LogP contribution in [-0.2, 0) is 6.18 Å². The molecule has 0 aromatic carbocycles. The molecule has 0 spiro atoms. The predicted octanol–water partition coefficient (Wildman–Crippen LogP) is 3.88. The van der Waals surface area contributed by atoms with Crippen LogP contribution in [0.5, 0.6) is 0 Å². The summed E-state index contributed by atoms with van der Waals surface area (Å²) in [6.45, 7) is 0. The fraction of sp³-hybridized carbons (Fsp3) is 0.538. The van der Waals surface area contributed by atoms with E-state index in [9.17, 15) is 22.4 Å². The number of nitrogens with zero attached hydrogens (tertiary/aromatic N) is 1. The number of hydrogen-bond acceptors (Lipinski definition) is 3. The van der Waals surface area contributed by atoms with Gasteiger partial charge in [-0.15, -0.1) is 0 Å². The number of carbonyl (C=O) groups is 1. The van der Waals surface area contributed by atoms with E-state index in [4.69, 9.17) is 16.7 Å². The molecule has 0 bridgehead atoms. The Labute approximate surface area is 134 Å². The standard InChI is InChI=1S/C13H14ClF4N3O2/c14-10-8(13(16,17)18)5-9(15)11(21-10)19-6-2-1-3-7(4-6)20-12(22)23/h5-7,20H,1-4H2,(H,19,21)(H,22,23)/t6-,7+/m1/s1. The SMILES string of the molecule is O=C(O)N[C@H]1CCC[C@@H](Nc2nc(Cl)c(C(F)(F)F)cc2F)C1. The second kappa shape index (κ2) is 6.77. The zero-order valence-electron chi connectivity index (χ0n) is 11.8. The molecular formula is C13H14ClF4N3O2. The van der Waals surface area contributed by atoms with Crippen molar-refractivity contribution in [3.05, 3.63) is 22.6 Å².